The number of fused-ring (bicyclic) bond motifs is 1. The first kappa shape index (κ1) is 20.7. The lowest BCUT2D eigenvalue weighted by Gasteiger charge is -2.26. The summed E-state index contributed by atoms with van der Waals surface area (Å²) in [5.41, 5.74) is 2.91. The Bertz CT molecular complexity index is 873. The number of para-hydroxylation sites is 1. The summed E-state index contributed by atoms with van der Waals surface area (Å²) in [4.78, 5) is 14.8. The van der Waals surface area contributed by atoms with Crippen molar-refractivity contribution in [2.45, 2.75) is 32.3 Å². The summed E-state index contributed by atoms with van der Waals surface area (Å²) in [5, 5.41) is 2.90. The molecule has 0 unspecified atom stereocenters. The summed E-state index contributed by atoms with van der Waals surface area (Å²) in [6.45, 7) is 8.72. The SMILES string of the molecule is CC1(C)Cc2cccc(OCC(=O)Nc3ccc(CCN4CCOCC4)cc3)c2O1. The van der Waals surface area contributed by atoms with Crippen LogP contribution in [0.5, 0.6) is 11.5 Å². The van der Waals surface area contributed by atoms with Crippen LogP contribution in [0, 0.1) is 0 Å². The molecule has 6 heteroatoms. The van der Waals surface area contributed by atoms with Crippen LogP contribution in [0.15, 0.2) is 42.5 Å². The van der Waals surface area contributed by atoms with Gasteiger partial charge in [0.2, 0.25) is 0 Å². The molecule has 0 bridgehead atoms. The zero-order valence-corrected chi connectivity index (χ0v) is 17.8. The predicted octanol–water partition coefficient (Wildman–Crippen LogP) is 3.29. The zero-order chi connectivity index (χ0) is 21.0. The molecule has 2 aliphatic heterocycles. The van der Waals surface area contributed by atoms with Crippen LogP contribution < -0.4 is 14.8 Å². The summed E-state index contributed by atoms with van der Waals surface area (Å²) in [6.07, 6.45) is 1.83. The number of ether oxygens (including phenoxy) is 3. The van der Waals surface area contributed by atoms with Crippen molar-refractivity contribution in [3.63, 3.8) is 0 Å². The highest BCUT2D eigenvalue weighted by Crippen LogP contribution is 2.41. The Kier molecular flexibility index (Phi) is 6.25. The highest BCUT2D eigenvalue weighted by Gasteiger charge is 2.32. The first-order valence-corrected chi connectivity index (χ1v) is 10.6. The van der Waals surface area contributed by atoms with Crippen LogP contribution in [-0.4, -0.2) is 55.9 Å². The van der Waals surface area contributed by atoms with Gasteiger partial charge in [-0.15, -0.1) is 0 Å². The number of anilines is 1. The topological polar surface area (TPSA) is 60.0 Å². The number of carbonyl (C=O) groups is 1. The van der Waals surface area contributed by atoms with Gasteiger partial charge < -0.3 is 19.5 Å². The molecule has 1 amide bonds. The number of amides is 1. The van der Waals surface area contributed by atoms with E-state index in [1.54, 1.807) is 0 Å². The van der Waals surface area contributed by atoms with Crippen molar-refractivity contribution in [3.8, 4) is 11.5 Å². The Balaban J connectivity index is 1.25. The Labute approximate surface area is 178 Å². The predicted molar refractivity (Wildman–Crippen MR) is 116 cm³/mol. The van der Waals surface area contributed by atoms with Gasteiger partial charge in [0.05, 0.1) is 13.2 Å². The Morgan fingerprint density at radius 1 is 1.13 bits per heavy atom. The van der Waals surface area contributed by atoms with Crippen molar-refractivity contribution >= 4 is 11.6 Å². The largest absolute Gasteiger partial charge is 0.483 e. The van der Waals surface area contributed by atoms with E-state index in [9.17, 15) is 4.79 Å². The fourth-order valence-corrected chi connectivity index (χ4v) is 3.91. The maximum Gasteiger partial charge on any atom is 0.262 e. The van der Waals surface area contributed by atoms with Crippen LogP contribution in [0.4, 0.5) is 5.69 Å². The standard InChI is InChI=1S/C24H30N2O4/c1-24(2)16-19-4-3-5-21(23(19)30-24)29-17-22(27)25-20-8-6-18(7-9-20)10-11-26-12-14-28-15-13-26/h3-9H,10-17H2,1-2H3,(H,25,27). The van der Waals surface area contributed by atoms with E-state index in [1.165, 1.54) is 5.56 Å². The average molecular weight is 411 g/mol. The molecule has 4 rings (SSSR count). The van der Waals surface area contributed by atoms with Crippen molar-refractivity contribution in [1.82, 2.24) is 4.90 Å². The number of morpholine rings is 1. The van der Waals surface area contributed by atoms with Gasteiger partial charge in [0.25, 0.3) is 5.91 Å². The zero-order valence-electron chi connectivity index (χ0n) is 17.8. The van der Waals surface area contributed by atoms with Gasteiger partial charge in [0.1, 0.15) is 5.60 Å². The van der Waals surface area contributed by atoms with Crippen LogP contribution in [0.3, 0.4) is 0 Å². The van der Waals surface area contributed by atoms with E-state index in [2.05, 4.69) is 22.3 Å². The van der Waals surface area contributed by atoms with E-state index < -0.39 is 0 Å². The number of rotatable bonds is 7. The molecule has 0 aliphatic carbocycles. The Morgan fingerprint density at radius 3 is 2.67 bits per heavy atom. The number of hydrogen-bond donors (Lipinski definition) is 1. The number of hydrogen-bond acceptors (Lipinski definition) is 5. The smallest absolute Gasteiger partial charge is 0.262 e. The summed E-state index contributed by atoms with van der Waals surface area (Å²) in [6, 6.07) is 13.8. The summed E-state index contributed by atoms with van der Waals surface area (Å²) in [7, 11) is 0. The maximum atomic E-state index is 12.3. The molecule has 1 N–H and O–H groups in total. The van der Waals surface area contributed by atoms with Gasteiger partial charge in [0.15, 0.2) is 18.1 Å². The number of carbonyl (C=O) groups excluding carboxylic acids is 1. The minimum absolute atomic E-state index is 0.0565. The van der Waals surface area contributed by atoms with Gasteiger partial charge in [-0.1, -0.05) is 24.3 Å². The quantitative estimate of drug-likeness (QED) is 0.759. The third-order valence-electron chi connectivity index (χ3n) is 5.47. The molecule has 1 fully saturated rings. The van der Waals surface area contributed by atoms with Gasteiger partial charge in [-0.25, -0.2) is 0 Å². The molecule has 0 aromatic heterocycles. The van der Waals surface area contributed by atoms with Crippen LogP contribution in [-0.2, 0) is 22.4 Å². The lowest BCUT2D eigenvalue weighted by Crippen LogP contribution is -2.37. The molecule has 6 nitrogen and oxygen atoms in total. The van der Waals surface area contributed by atoms with Crippen LogP contribution in [0.2, 0.25) is 0 Å². The minimum atomic E-state index is -0.242. The van der Waals surface area contributed by atoms with Crippen molar-refractivity contribution in [1.29, 1.82) is 0 Å². The van der Waals surface area contributed by atoms with Crippen molar-refractivity contribution in [2.75, 3.05) is 44.8 Å². The molecule has 160 valence electrons. The summed E-state index contributed by atoms with van der Waals surface area (Å²) < 4.78 is 17.1. The molecule has 2 heterocycles. The van der Waals surface area contributed by atoms with E-state index in [-0.39, 0.29) is 18.1 Å². The molecular formula is C24H30N2O4. The normalized spacial score (nSPS) is 17.8. The van der Waals surface area contributed by atoms with Gasteiger partial charge in [0, 0.05) is 37.3 Å². The highest BCUT2D eigenvalue weighted by atomic mass is 16.5. The van der Waals surface area contributed by atoms with Gasteiger partial charge in [-0.3, -0.25) is 9.69 Å². The molecular weight excluding hydrogens is 380 g/mol. The van der Waals surface area contributed by atoms with E-state index in [1.807, 2.05) is 44.2 Å². The third kappa shape index (κ3) is 5.32. The first-order chi connectivity index (χ1) is 14.5. The van der Waals surface area contributed by atoms with Gasteiger partial charge >= 0.3 is 0 Å². The maximum absolute atomic E-state index is 12.3. The van der Waals surface area contributed by atoms with E-state index in [4.69, 9.17) is 14.2 Å². The van der Waals surface area contributed by atoms with Crippen LogP contribution in [0.1, 0.15) is 25.0 Å². The van der Waals surface area contributed by atoms with Crippen LogP contribution >= 0.6 is 0 Å². The number of nitrogens with one attached hydrogen (secondary N) is 1. The molecule has 30 heavy (non-hydrogen) atoms. The average Bonchev–Trinajstić information content (AvgIpc) is 3.07. The second-order valence-corrected chi connectivity index (χ2v) is 8.52. The van der Waals surface area contributed by atoms with E-state index in [0.29, 0.717) is 5.75 Å². The molecule has 2 aromatic carbocycles. The highest BCUT2D eigenvalue weighted by molar-refractivity contribution is 5.91. The van der Waals surface area contributed by atoms with Crippen molar-refractivity contribution < 1.29 is 19.0 Å². The Morgan fingerprint density at radius 2 is 1.90 bits per heavy atom. The lowest BCUT2D eigenvalue weighted by molar-refractivity contribution is -0.118. The first-order valence-electron chi connectivity index (χ1n) is 10.6. The van der Waals surface area contributed by atoms with Crippen LogP contribution in [0.25, 0.3) is 0 Å². The molecule has 1 saturated heterocycles. The molecule has 0 saturated carbocycles. The lowest BCUT2D eigenvalue weighted by atomic mass is 10.0. The van der Waals surface area contributed by atoms with E-state index in [0.717, 1.165) is 62.7 Å². The fourth-order valence-electron chi connectivity index (χ4n) is 3.91. The second kappa shape index (κ2) is 9.06. The molecule has 2 aromatic rings. The van der Waals surface area contributed by atoms with Crippen molar-refractivity contribution in [3.05, 3.63) is 53.6 Å². The van der Waals surface area contributed by atoms with E-state index >= 15 is 0 Å². The second-order valence-electron chi connectivity index (χ2n) is 8.52. The fraction of sp³-hybridized carbons (Fsp3) is 0.458. The van der Waals surface area contributed by atoms with Gasteiger partial charge in [-0.05, 0) is 44.0 Å². The van der Waals surface area contributed by atoms with Crippen molar-refractivity contribution in [2.24, 2.45) is 0 Å². The number of benzene rings is 2. The Hall–Kier alpha value is -2.57. The van der Waals surface area contributed by atoms with Gasteiger partial charge in [-0.2, -0.15) is 0 Å². The number of nitrogens with zero attached hydrogens (tertiary/aromatic N) is 1. The molecule has 2 aliphatic rings. The third-order valence-corrected chi connectivity index (χ3v) is 5.47. The summed E-state index contributed by atoms with van der Waals surface area (Å²) in [5.74, 6) is 1.18. The molecule has 0 atom stereocenters. The summed E-state index contributed by atoms with van der Waals surface area (Å²) >= 11 is 0. The monoisotopic (exact) mass is 410 g/mol. The minimum Gasteiger partial charge on any atom is -0.483 e. The molecule has 0 spiro atoms. The molecule has 0 radical (unpaired) electrons.